The van der Waals surface area contributed by atoms with Crippen LogP contribution in [0.5, 0.6) is 0 Å². The molecule has 0 amide bonds. The molecular formula is C19H22F2IN5. The molecule has 0 aliphatic rings. The molecule has 0 bridgehead atoms. The fourth-order valence-electron chi connectivity index (χ4n) is 2.72. The van der Waals surface area contributed by atoms with E-state index in [2.05, 4.69) is 25.2 Å². The smallest absolute Gasteiger partial charge is 0.191 e. The molecule has 0 saturated carbocycles. The van der Waals surface area contributed by atoms with Crippen LogP contribution in [0.25, 0.3) is 11.0 Å². The standard InChI is InChI=1S/C19H21F2N5.HI/c1-22-19(24-12-14-11-15(20)7-8-16(14)21)23-9-4-10-26-13-25-17-5-2-3-6-18(17)26;/h2-3,5-8,11,13H,4,9-10,12H2,1H3,(H2,22,23,24);1H. The van der Waals surface area contributed by atoms with Crippen molar-refractivity contribution in [3.05, 3.63) is 66.0 Å². The fourth-order valence-corrected chi connectivity index (χ4v) is 2.72. The average Bonchev–Trinajstić information content (AvgIpc) is 3.07. The van der Waals surface area contributed by atoms with Gasteiger partial charge in [0.25, 0.3) is 0 Å². The third-order valence-corrected chi connectivity index (χ3v) is 4.07. The molecule has 3 aromatic rings. The molecule has 2 N–H and O–H groups in total. The number of hydrogen-bond donors (Lipinski definition) is 2. The highest BCUT2D eigenvalue weighted by atomic mass is 127. The Labute approximate surface area is 173 Å². The minimum atomic E-state index is -0.460. The van der Waals surface area contributed by atoms with Crippen LogP contribution in [0.1, 0.15) is 12.0 Å². The van der Waals surface area contributed by atoms with Gasteiger partial charge in [-0.3, -0.25) is 4.99 Å². The molecule has 1 aromatic heterocycles. The molecule has 0 aliphatic heterocycles. The van der Waals surface area contributed by atoms with Crippen LogP contribution in [0.15, 0.2) is 53.8 Å². The van der Waals surface area contributed by atoms with E-state index in [4.69, 9.17) is 0 Å². The van der Waals surface area contributed by atoms with Gasteiger partial charge in [0.15, 0.2) is 5.96 Å². The number of nitrogens with zero attached hydrogens (tertiary/aromatic N) is 3. The second kappa shape index (κ2) is 10.2. The summed E-state index contributed by atoms with van der Waals surface area (Å²) in [7, 11) is 1.64. The lowest BCUT2D eigenvalue weighted by molar-refractivity contribution is 0.580. The molecule has 27 heavy (non-hydrogen) atoms. The van der Waals surface area contributed by atoms with Crippen LogP contribution in [0.2, 0.25) is 0 Å². The van der Waals surface area contributed by atoms with Gasteiger partial charge < -0.3 is 15.2 Å². The average molecular weight is 485 g/mol. The van der Waals surface area contributed by atoms with Crippen LogP contribution in [0.3, 0.4) is 0 Å². The van der Waals surface area contributed by atoms with Gasteiger partial charge in [0.05, 0.1) is 17.4 Å². The Morgan fingerprint density at radius 3 is 2.78 bits per heavy atom. The minimum Gasteiger partial charge on any atom is -0.356 e. The second-order valence-corrected chi connectivity index (χ2v) is 5.87. The number of nitrogens with one attached hydrogen (secondary N) is 2. The molecule has 0 atom stereocenters. The Hall–Kier alpha value is -2.23. The molecule has 3 rings (SSSR count). The SMILES string of the molecule is CN=C(NCCCn1cnc2ccccc21)NCc1cc(F)ccc1F.I. The van der Waals surface area contributed by atoms with Gasteiger partial charge in [0.1, 0.15) is 11.6 Å². The largest absolute Gasteiger partial charge is 0.356 e. The zero-order chi connectivity index (χ0) is 18.4. The van der Waals surface area contributed by atoms with E-state index in [1.54, 1.807) is 7.05 Å². The van der Waals surface area contributed by atoms with Crippen LogP contribution in [-0.4, -0.2) is 29.1 Å². The first kappa shape index (κ1) is 21.1. The third-order valence-electron chi connectivity index (χ3n) is 4.07. The summed E-state index contributed by atoms with van der Waals surface area (Å²) in [5, 5.41) is 6.16. The maximum atomic E-state index is 13.6. The molecule has 0 spiro atoms. The highest BCUT2D eigenvalue weighted by Crippen LogP contribution is 2.12. The Kier molecular flexibility index (Phi) is 7.96. The Morgan fingerprint density at radius 2 is 1.96 bits per heavy atom. The lowest BCUT2D eigenvalue weighted by Crippen LogP contribution is -2.37. The molecule has 0 fully saturated rings. The highest BCUT2D eigenvalue weighted by molar-refractivity contribution is 14.0. The Balaban J connectivity index is 0.00000261. The third kappa shape index (κ3) is 5.62. The van der Waals surface area contributed by atoms with Crippen molar-refractivity contribution in [1.82, 2.24) is 20.2 Å². The predicted molar refractivity (Wildman–Crippen MR) is 114 cm³/mol. The predicted octanol–water partition coefficient (Wildman–Crippen LogP) is 3.69. The van der Waals surface area contributed by atoms with Crippen molar-refractivity contribution in [2.75, 3.05) is 13.6 Å². The van der Waals surface area contributed by atoms with Gasteiger partial charge in [-0.1, -0.05) is 12.1 Å². The number of fused-ring (bicyclic) bond motifs is 1. The summed E-state index contributed by atoms with van der Waals surface area (Å²) in [4.78, 5) is 8.47. The summed E-state index contributed by atoms with van der Waals surface area (Å²) in [5.41, 5.74) is 2.35. The first-order valence-electron chi connectivity index (χ1n) is 8.45. The van der Waals surface area contributed by atoms with Crippen molar-refractivity contribution in [2.24, 2.45) is 4.99 Å². The van der Waals surface area contributed by atoms with Crippen LogP contribution >= 0.6 is 24.0 Å². The Bertz CT molecular complexity index is 910. The van der Waals surface area contributed by atoms with Gasteiger partial charge in [-0.2, -0.15) is 0 Å². The second-order valence-electron chi connectivity index (χ2n) is 5.87. The quantitative estimate of drug-likeness (QED) is 0.243. The summed E-state index contributed by atoms with van der Waals surface area (Å²) in [6.45, 7) is 1.68. The van der Waals surface area contributed by atoms with Crippen molar-refractivity contribution in [1.29, 1.82) is 0 Å². The summed E-state index contributed by atoms with van der Waals surface area (Å²) in [6.07, 6.45) is 2.71. The lowest BCUT2D eigenvalue weighted by atomic mass is 10.2. The van der Waals surface area contributed by atoms with E-state index < -0.39 is 11.6 Å². The fraction of sp³-hybridized carbons (Fsp3) is 0.263. The molecule has 1 heterocycles. The Morgan fingerprint density at radius 1 is 1.15 bits per heavy atom. The number of aromatic nitrogens is 2. The van der Waals surface area contributed by atoms with E-state index in [-0.39, 0.29) is 36.1 Å². The van der Waals surface area contributed by atoms with Gasteiger partial charge in [-0.25, -0.2) is 13.8 Å². The van der Waals surface area contributed by atoms with Gasteiger partial charge in [-0.05, 0) is 36.8 Å². The van der Waals surface area contributed by atoms with Gasteiger partial charge >= 0.3 is 0 Å². The number of benzene rings is 2. The van der Waals surface area contributed by atoms with Gasteiger partial charge in [0, 0.05) is 32.2 Å². The van der Waals surface area contributed by atoms with Crippen LogP contribution in [0, 0.1) is 11.6 Å². The van der Waals surface area contributed by atoms with Crippen LogP contribution in [-0.2, 0) is 13.1 Å². The first-order valence-corrected chi connectivity index (χ1v) is 8.45. The van der Waals surface area contributed by atoms with Crippen molar-refractivity contribution in [3.63, 3.8) is 0 Å². The number of rotatable bonds is 6. The molecule has 0 aliphatic carbocycles. The summed E-state index contributed by atoms with van der Waals surface area (Å²) in [5.74, 6) is -0.357. The molecule has 144 valence electrons. The molecule has 0 unspecified atom stereocenters. The summed E-state index contributed by atoms with van der Waals surface area (Å²) < 4.78 is 28.9. The normalized spacial score (nSPS) is 11.3. The van der Waals surface area contributed by atoms with Gasteiger partial charge in [-0.15, -0.1) is 24.0 Å². The van der Waals surface area contributed by atoms with E-state index in [1.807, 2.05) is 30.6 Å². The molecular weight excluding hydrogens is 463 g/mol. The van der Waals surface area contributed by atoms with Gasteiger partial charge in [0.2, 0.25) is 0 Å². The van der Waals surface area contributed by atoms with Crippen molar-refractivity contribution >= 4 is 41.0 Å². The molecule has 0 radical (unpaired) electrons. The van der Waals surface area contributed by atoms with E-state index in [1.165, 1.54) is 6.07 Å². The number of hydrogen-bond acceptors (Lipinski definition) is 2. The topological polar surface area (TPSA) is 54.2 Å². The minimum absolute atomic E-state index is 0. The summed E-state index contributed by atoms with van der Waals surface area (Å²) >= 11 is 0. The number of halogens is 3. The number of imidazole rings is 1. The molecule has 8 heteroatoms. The van der Waals surface area contributed by atoms with E-state index in [0.717, 1.165) is 36.1 Å². The van der Waals surface area contributed by atoms with Crippen LogP contribution in [0.4, 0.5) is 8.78 Å². The maximum absolute atomic E-state index is 13.6. The van der Waals surface area contributed by atoms with Crippen molar-refractivity contribution in [2.45, 2.75) is 19.5 Å². The first-order chi connectivity index (χ1) is 12.7. The monoisotopic (exact) mass is 485 g/mol. The molecule has 0 saturated heterocycles. The van der Waals surface area contributed by atoms with E-state index in [0.29, 0.717) is 12.5 Å². The molecule has 5 nitrogen and oxygen atoms in total. The van der Waals surface area contributed by atoms with Crippen LogP contribution < -0.4 is 10.6 Å². The number of aliphatic imine (C=N–C) groups is 1. The highest BCUT2D eigenvalue weighted by Gasteiger charge is 2.05. The number of aryl methyl sites for hydroxylation is 1. The zero-order valence-electron chi connectivity index (χ0n) is 15.0. The number of para-hydroxylation sites is 2. The molecule has 2 aromatic carbocycles. The van der Waals surface area contributed by atoms with E-state index in [9.17, 15) is 8.78 Å². The van der Waals surface area contributed by atoms with E-state index >= 15 is 0 Å². The van der Waals surface area contributed by atoms with Crippen molar-refractivity contribution < 1.29 is 8.78 Å². The maximum Gasteiger partial charge on any atom is 0.191 e. The lowest BCUT2D eigenvalue weighted by Gasteiger charge is -2.12. The summed E-state index contributed by atoms with van der Waals surface area (Å²) in [6, 6.07) is 11.4. The zero-order valence-corrected chi connectivity index (χ0v) is 17.3. The number of guanidine groups is 1. The van der Waals surface area contributed by atoms with Crippen molar-refractivity contribution in [3.8, 4) is 0 Å².